The molecule has 0 aromatic heterocycles. The van der Waals surface area contributed by atoms with E-state index in [9.17, 15) is 176 Å². The molecule has 46 heteroatoms. The second-order valence-electron chi connectivity index (χ2n) is 22.3. The standard InChI is InChI=1S/C18H15P.4C12F10.C6H16Si.BH3O3/c1-4-10-16(11-5-1)19(17-12-6-2-7-13-17)18-14-8-3-9-15-18;4*13-3-1(4(14)8(18)11(21)7(3)17)2-5(15)9(19)12(22)10(20)6(2)16;1-4-7(5-2)6-3;2-1(3)4/h1-15H;;;;;7H,4-6H2,1-3H3;2-4H. The molecule has 11 aromatic carbocycles. The molecule has 0 atom stereocenters. The van der Waals surface area contributed by atoms with Crippen molar-refractivity contribution in [2.45, 2.75) is 38.9 Å². The summed E-state index contributed by atoms with van der Waals surface area (Å²) < 4.78 is 525. The van der Waals surface area contributed by atoms with Gasteiger partial charge in [0.05, 0.1) is 44.5 Å². The Morgan fingerprint density at radius 2 is 0.263 bits per heavy atom. The lowest BCUT2D eigenvalue weighted by molar-refractivity contribution is 0.278. The molecule has 0 aliphatic rings. The highest BCUT2D eigenvalue weighted by molar-refractivity contribution is 7.79. The fourth-order valence-electron chi connectivity index (χ4n) is 9.64. The van der Waals surface area contributed by atoms with Gasteiger partial charge in [-0.15, -0.1) is 0 Å². The molecule has 118 heavy (non-hydrogen) atoms. The summed E-state index contributed by atoms with van der Waals surface area (Å²) in [5.74, 6) is -107. The van der Waals surface area contributed by atoms with E-state index in [1.54, 1.807) is 0 Å². The highest BCUT2D eigenvalue weighted by atomic mass is 31.1. The molecule has 11 aromatic rings. The van der Waals surface area contributed by atoms with Crippen molar-refractivity contribution >= 4 is 40.0 Å². The number of benzene rings is 11. The van der Waals surface area contributed by atoms with E-state index < -0.39 is 292 Å². The number of halogens is 40. The summed E-state index contributed by atoms with van der Waals surface area (Å²) in [6, 6.07) is 36.8. The summed E-state index contributed by atoms with van der Waals surface area (Å²) in [7, 11) is -2.78. The third kappa shape index (κ3) is 20.0. The van der Waals surface area contributed by atoms with Gasteiger partial charge in [0.15, 0.2) is 186 Å². The van der Waals surface area contributed by atoms with E-state index in [0.29, 0.717) is 0 Å². The van der Waals surface area contributed by atoms with Gasteiger partial charge in [-0.25, -0.2) is 176 Å². The van der Waals surface area contributed by atoms with Crippen LogP contribution in [0.4, 0.5) is 176 Å². The fraction of sp³-hybridized carbons (Fsp3) is 0.0833. The van der Waals surface area contributed by atoms with Gasteiger partial charge in [0.2, 0.25) is 46.5 Å². The zero-order valence-electron chi connectivity index (χ0n) is 57.3. The first-order valence-electron chi connectivity index (χ1n) is 31.1. The second kappa shape index (κ2) is 41.1. The Bertz CT molecular complexity index is 4410. The molecule has 0 amide bonds. The largest absolute Gasteiger partial charge is 0.631 e. The summed E-state index contributed by atoms with van der Waals surface area (Å²) in [5.41, 5.74) is -18.1. The molecule has 0 saturated heterocycles. The normalized spacial score (nSPS) is 10.9. The van der Waals surface area contributed by atoms with Gasteiger partial charge >= 0.3 is 7.32 Å². The fourth-order valence-corrected chi connectivity index (χ4v) is 13.7. The average molecular weight is 1780 g/mol. The average Bonchev–Trinajstić information content (AvgIpc) is 0.765. The van der Waals surface area contributed by atoms with Crippen molar-refractivity contribution in [2.75, 3.05) is 0 Å². The van der Waals surface area contributed by atoms with Crippen molar-refractivity contribution in [3.05, 3.63) is 324 Å². The maximum atomic E-state index is 13.4. The predicted molar refractivity (Wildman–Crippen MR) is 342 cm³/mol. The van der Waals surface area contributed by atoms with E-state index in [4.69, 9.17) is 15.1 Å². The quantitative estimate of drug-likeness (QED) is 0.0420. The number of hydrogen-bond acceptors (Lipinski definition) is 3. The number of hydrogen-bond donors (Lipinski definition) is 3. The van der Waals surface area contributed by atoms with Gasteiger partial charge in [-0.3, -0.25) is 0 Å². The van der Waals surface area contributed by atoms with Crippen LogP contribution in [0.3, 0.4) is 0 Å². The zero-order chi connectivity index (χ0) is 89.9. The molecule has 0 saturated carbocycles. The van der Waals surface area contributed by atoms with Gasteiger partial charge in [0, 0.05) is 8.80 Å². The van der Waals surface area contributed by atoms with E-state index >= 15 is 0 Å². The van der Waals surface area contributed by atoms with Crippen molar-refractivity contribution in [1.29, 1.82) is 0 Å². The van der Waals surface area contributed by atoms with Gasteiger partial charge in [0.1, 0.15) is 0 Å². The van der Waals surface area contributed by atoms with Crippen LogP contribution in [0.5, 0.6) is 0 Å². The smallest absolute Gasteiger partial charge is 0.402 e. The van der Waals surface area contributed by atoms with Crippen LogP contribution in [0.15, 0.2) is 91.0 Å². The van der Waals surface area contributed by atoms with E-state index in [-0.39, 0.29) is 8.80 Å². The Morgan fingerprint density at radius 3 is 0.339 bits per heavy atom. The second-order valence-corrected chi connectivity index (χ2v) is 28.7. The molecule has 0 aliphatic heterocycles. The van der Waals surface area contributed by atoms with Crippen molar-refractivity contribution < 1.29 is 191 Å². The van der Waals surface area contributed by atoms with Crippen molar-refractivity contribution in [1.82, 2.24) is 0 Å². The SMILES string of the molecule is CC[SiH](CC)CC.Fc1c(F)c(F)c(-c2c(F)c(F)c(F)c(F)c2F)c(F)c1F.Fc1c(F)c(F)c(-c2c(F)c(F)c(F)c(F)c2F)c(F)c1F.Fc1c(F)c(F)c(-c2c(F)c(F)c(F)c(F)c2F)c(F)c1F.Fc1c(F)c(F)c(-c2c(F)c(F)c(F)c(F)c2F)c(F)c1F.OB(O)O.c1ccc(P(c2ccccc2)c2ccccc2)cc1. The van der Waals surface area contributed by atoms with Crippen molar-refractivity contribution in [3.8, 4) is 44.5 Å². The lowest BCUT2D eigenvalue weighted by atomic mass is 10.0. The minimum Gasteiger partial charge on any atom is -0.402 e. The molecule has 0 fully saturated rings. The Morgan fingerprint density at radius 1 is 0.178 bits per heavy atom. The Labute approximate surface area is 636 Å². The molecule has 0 spiro atoms. The van der Waals surface area contributed by atoms with Gasteiger partial charge < -0.3 is 15.1 Å². The summed E-state index contributed by atoms with van der Waals surface area (Å²) in [4.78, 5) is 0. The summed E-state index contributed by atoms with van der Waals surface area (Å²) in [6.45, 7) is 6.97. The van der Waals surface area contributed by atoms with Crippen LogP contribution in [0.2, 0.25) is 18.1 Å². The van der Waals surface area contributed by atoms with Gasteiger partial charge in [-0.05, 0) is 23.8 Å². The summed E-state index contributed by atoms with van der Waals surface area (Å²) in [6.07, 6.45) is 0. The highest BCUT2D eigenvalue weighted by Crippen LogP contribution is 2.43. The molecule has 0 radical (unpaired) electrons. The zero-order valence-corrected chi connectivity index (χ0v) is 59.4. The van der Waals surface area contributed by atoms with Crippen LogP contribution in [-0.4, -0.2) is 31.2 Å². The van der Waals surface area contributed by atoms with E-state index in [1.807, 2.05) is 0 Å². The van der Waals surface area contributed by atoms with Crippen molar-refractivity contribution in [3.63, 3.8) is 0 Å². The molecule has 3 nitrogen and oxygen atoms in total. The van der Waals surface area contributed by atoms with Crippen molar-refractivity contribution in [2.24, 2.45) is 0 Å². The molecule has 0 heterocycles. The number of rotatable bonds is 10. The lowest BCUT2D eigenvalue weighted by Crippen LogP contribution is -2.20. The van der Waals surface area contributed by atoms with E-state index in [0.717, 1.165) is 0 Å². The molecule has 3 N–H and O–H groups in total. The third-order valence-corrected chi connectivity index (χ3v) is 21.4. The molecule has 0 aliphatic carbocycles. The first-order chi connectivity index (χ1) is 55.0. The van der Waals surface area contributed by atoms with Gasteiger partial charge in [0.25, 0.3) is 0 Å². The molecular formula is C72H34BF40O3PSi. The summed E-state index contributed by atoms with van der Waals surface area (Å²) in [5, 5.41) is 25.7. The molecule has 632 valence electrons. The van der Waals surface area contributed by atoms with E-state index in [1.165, 1.54) is 34.0 Å². The van der Waals surface area contributed by atoms with Gasteiger partial charge in [-0.2, -0.15) is 0 Å². The Hall–Kier alpha value is -10.8. The topological polar surface area (TPSA) is 60.7 Å². The van der Waals surface area contributed by atoms with Crippen LogP contribution < -0.4 is 15.9 Å². The van der Waals surface area contributed by atoms with E-state index in [2.05, 4.69) is 112 Å². The predicted octanol–water partition coefficient (Wildman–Crippen LogP) is 22.6. The van der Waals surface area contributed by atoms with Gasteiger partial charge in [-0.1, -0.05) is 130 Å². The monoisotopic (exact) mass is 1780 g/mol. The molecule has 0 unspecified atom stereocenters. The molecule has 0 bridgehead atoms. The maximum absolute atomic E-state index is 13.4. The molecule has 11 rings (SSSR count). The van der Waals surface area contributed by atoms with Crippen LogP contribution in [-0.2, 0) is 0 Å². The first-order valence-corrected chi connectivity index (χ1v) is 34.9. The minimum atomic E-state index is -2.68. The van der Waals surface area contributed by atoms with Crippen LogP contribution >= 0.6 is 7.92 Å². The first kappa shape index (κ1) is 97.8. The van der Waals surface area contributed by atoms with Crippen LogP contribution in [0, 0.1) is 233 Å². The third-order valence-electron chi connectivity index (χ3n) is 15.5. The maximum Gasteiger partial charge on any atom is 0.631 e. The highest BCUT2D eigenvalue weighted by Gasteiger charge is 2.40. The lowest BCUT2D eigenvalue weighted by Gasteiger charge is -2.18. The van der Waals surface area contributed by atoms with Crippen LogP contribution in [0.1, 0.15) is 20.8 Å². The Kier molecular flexibility index (Phi) is 34.0. The Balaban J connectivity index is 0.000000254. The minimum absolute atomic E-state index is 0.171. The summed E-state index contributed by atoms with van der Waals surface area (Å²) >= 11 is 0. The van der Waals surface area contributed by atoms with Crippen LogP contribution in [0.25, 0.3) is 44.5 Å². The molecular weight excluding hydrogens is 1740 g/mol.